The van der Waals surface area contributed by atoms with Gasteiger partial charge in [-0.1, -0.05) is 26.0 Å². The smallest absolute Gasteiger partial charge is 0.347 e. The van der Waals surface area contributed by atoms with Gasteiger partial charge in [0.1, 0.15) is 0 Å². The largest absolute Gasteiger partial charge is 0.416 e. The lowest BCUT2D eigenvalue weighted by Gasteiger charge is -2.19. The number of rotatable bonds is 8. The van der Waals surface area contributed by atoms with Crippen LogP contribution >= 0.6 is 11.3 Å². The zero-order valence-corrected chi connectivity index (χ0v) is 16.9. The van der Waals surface area contributed by atoms with Gasteiger partial charge in [0.05, 0.1) is 23.0 Å². The summed E-state index contributed by atoms with van der Waals surface area (Å²) < 4.78 is 64.9. The number of carbonyl (C=O) groups excluding carboxylic acids is 1. The quantitative estimate of drug-likeness (QED) is 0.661. The van der Waals surface area contributed by atoms with Crippen molar-refractivity contribution < 1.29 is 26.4 Å². The normalized spacial score (nSPS) is 13.5. The zero-order chi connectivity index (χ0) is 20.9. The van der Waals surface area contributed by atoms with Crippen LogP contribution in [0.1, 0.15) is 36.8 Å². The van der Waals surface area contributed by atoms with E-state index in [0.29, 0.717) is 18.4 Å². The predicted octanol–water partition coefficient (Wildman–Crippen LogP) is 3.95. The molecule has 0 aliphatic carbocycles. The molecule has 2 rings (SSSR count). The third-order valence-electron chi connectivity index (χ3n) is 3.82. The fourth-order valence-corrected chi connectivity index (χ4v) is 4.35. The zero-order valence-electron chi connectivity index (χ0n) is 15.3. The van der Waals surface area contributed by atoms with E-state index in [4.69, 9.17) is 0 Å². The number of halogens is 3. The number of benzene rings is 1. The first kappa shape index (κ1) is 22.4. The topological polar surface area (TPSA) is 75.3 Å². The van der Waals surface area contributed by atoms with E-state index in [-0.39, 0.29) is 6.04 Å². The van der Waals surface area contributed by atoms with Gasteiger partial charge in [-0.2, -0.15) is 13.2 Å². The number of carbonyl (C=O) groups is 1. The SMILES string of the molecule is CC(C)CC(NC(=O)CNS(=O)(=O)c1cccc(C(F)(F)F)c1)c1cccs1. The van der Waals surface area contributed by atoms with E-state index in [2.05, 4.69) is 10.0 Å². The summed E-state index contributed by atoms with van der Waals surface area (Å²) in [5, 5.41) is 4.66. The molecule has 1 amide bonds. The van der Waals surface area contributed by atoms with Crippen LogP contribution < -0.4 is 10.0 Å². The van der Waals surface area contributed by atoms with Crippen LogP contribution in [0.15, 0.2) is 46.7 Å². The van der Waals surface area contributed by atoms with Crippen molar-refractivity contribution in [2.75, 3.05) is 6.54 Å². The second-order valence-corrected chi connectivity index (χ2v) is 9.36. The highest BCUT2D eigenvalue weighted by Gasteiger charge is 2.31. The predicted molar refractivity (Wildman–Crippen MR) is 101 cm³/mol. The summed E-state index contributed by atoms with van der Waals surface area (Å²) in [5.41, 5.74) is -1.07. The van der Waals surface area contributed by atoms with Crippen LogP contribution in [0.3, 0.4) is 0 Å². The van der Waals surface area contributed by atoms with Gasteiger partial charge < -0.3 is 5.32 Å². The van der Waals surface area contributed by atoms with E-state index in [1.54, 1.807) is 0 Å². The maximum atomic E-state index is 12.8. The Hall–Kier alpha value is -1.91. The third kappa shape index (κ3) is 6.32. The van der Waals surface area contributed by atoms with Crippen molar-refractivity contribution in [1.29, 1.82) is 0 Å². The Morgan fingerprint density at radius 3 is 2.46 bits per heavy atom. The number of nitrogens with one attached hydrogen (secondary N) is 2. The Morgan fingerprint density at radius 2 is 1.89 bits per heavy atom. The van der Waals surface area contributed by atoms with Gasteiger partial charge >= 0.3 is 6.18 Å². The molecule has 10 heteroatoms. The van der Waals surface area contributed by atoms with Crippen molar-refractivity contribution in [3.05, 3.63) is 52.2 Å². The first-order valence-corrected chi connectivity index (χ1v) is 10.8. The van der Waals surface area contributed by atoms with Crippen molar-refractivity contribution >= 4 is 27.3 Å². The molecule has 154 valence electrons. The Labute approximate surface area is 166 Å². The highest BCUT2D eigenvalue weighted by Crippen LogP contribution is 2.30. The van der Waals surface area contributed by atoms with Crippen molar-refractivity contribution in [3.8, 4) is 0 Å². The first-order chi connectivity index (χ1) is 13.0. The van der Waals surface area contributed by atoms with Crippen molar-refractivity contribution in [3.63, 3.8) is 0 Å². The number of hydrogen-bond donors (Lipinski definition) is 2. The molecule has 0 radical (unpaired) electrons. The molecule has 0 saturated heterocycles. The van der Waals surface area contributed by atoms with Crippen LogP contribution in [0.4, 0.5) is 13.2 Å². The third-order valence-corrected chi connectivity index (χ3v) is 6.21. The molecule has 1 aromatic carbocycles. The molecule has 1 unspecified atom stereocenters. The Morgan fingerprint density at radius 1 is 1.18 bits per heavy atom. The minimum Gasteiger partial charge on any atom is -0.347 e. The average Bonchev–Trinajstić information content (AvgIpc) is 3.13. The van der Waals surface area contributed by atoms with Gasteiger partial charge in [-0.3, -0.25) is 4.79 Å². The molecule has 0 bridgehead atoms. The molecule has 1 heterocycles. The summed E-state index contributed by atoms with van der Waals surface area (Å²) in [6, 6.07) is 6.85. The number of alkyl halides is 3. The Kier molecular flexibility index (Phi) is 7.24. The summed E-state index contributed by atoms with van der Waals surface area (Å²) in [6.07, 6.45) is -3.99. The molecule has 2 N–H and O–H groups in total. The van der Waals surface area contributed by atoms with Gasteiger partial charge in [-0.15, -0.1) is 11.3 Å². The molecular weight excluding hydrogens is 413 g/mol. The van der Waals surface area contributed by atoms with E-state index in [1.165, 1.54) is 11.3 Å². The highest BCUT2D eigenvalue weighted by atomic mass is 32.2. The minimum absolute atomic E-state index is 0.259. The minimum atomic E-state index is -4.66. The van der Waals surface area contributed by atoms with Crippen LogP contribution in [-0.2, 0) is 21.0 Å². The second kappa shape index (κ2) is 9.06. The number of hydrogen-bond acceptors (Lipinski definition) is 4. The van der Waals surface area contributed by atoms with Crippen LogP contribution in [0, 0.1) is 5.92 Å². The van der Waals surface area contributed by atoms with Gasteiger partial charge in [0.15, 0.2) is 0 Å². The molecule has 0 fully saturated rings. The maximum Gasteiger partial charge on any atom is 0.416 e. The first-order valence-electron chi connectivity index (χ1n) is 8.48. The Bertz CT molecular complexity index is 895. The van der Waals surface area contributed by atoms with Gasteiger partial charge in [0, 0.05) is 4.88 Å². The van der Waals surface area contributed by atoms with Crippen molar-refractivity contribution in [2.45, 2.75) is 37.4 Å². The summed E-state index contributed by atoms with van der Waals surface area (Å²) >= 11 is 1.48. The number of sulfonamides is 1. The standard InChI is InChI=1S/C18H21F3N2O3S2/c1-12(2)9-15(16-7-4-8-27-16)23-17(24)11-22-28(25,26)14-6-3-5-13(10-14)18(19,20)21/h3-8,10,12,15,22H,9,11H2,1-2H3,(H,23,24). The molecule has 2 aromatic rings. The van der Waals surface area contributed by atoms with Crippen molar-refractivity contribution in [2.24, 2.45) is 5.92 Å². The van der Waals surface area contributed by atoms with Crippen LogP contribution in [0.2, 0.25) is 0 Å². The molecule has 28 heavy (non-hydrogen) atoms. The van der Waals surface area contributed by atoms with Crippen molar-refractivity contribution in [1.82, 2.24) is 10.0 Å². The molecule has 0 saturated carbocycles. The highest BCUT2D eigenvalue weighted by molar-refractivity contribution is 7.89. The lowest BCUT2D eigenvalue weighted by atomic mass is 10.0. The van der Waals surface area contributed by atoms with Crippen LogP contribution in [-0.4, -0.2) is 20.9 Å². The molecule has 0 aliphatic rings. The average molecular weight is 435 g/mol. The number of thiophene rings is 1. The number of amides is 1. The van der Waals surface area contributed by atoms with Gasteiger partial charge in [0.2, 0.25) is 15.9 Å². The lowest BCUT2D eigenvalue weighted by Crippen LogP contribution is -2.38. The summed E-state index contributed by atoms with van der Waals surface area (Å²) in [5.74, 6) is -0.260. The fraction of sp³-hybridized carbons (Fsp3) is 0.389. The van der Waals surface area contributed by atoms with Gasteiger partial charge in [-0.25, -0.2) is 13.1 Å². The molecule has 0 aliphatic heterocycles. The summed E-state index contributed by atoms with van der Waals surface area (Å²) in [4.78, 5) is 12.6. The lowest BCUT2D eigenvalue weighted by molar-refractivity contribution is -0.137. The second-order valence-electron chi connectivity index (χ2n) is 6.62. The van der Waals surface area contributed by atoms with E-state index in [9.17, 15) is 26.4 Å². The van der Waals surface area contributed by atoms with E-state index < -0.39 is 39.1 Å². The monoisotopic (exact) mass is 434 g/mol. The van der Waals surface area contributed by atoms with Gasteiger partial charge in [0.25, 0.3) is 0 Å². The molecule has 1 atom stereocenters. The summed E-state index contributed by atoms with van der Waals surface area (Å²) in [6.45, 7) is 3.44. The summed E-state index contributed by atoms with van der Waals surface area (Å²) in [7, 11) is -4.26. The van der Waals surface area contributed by atoms with E-state index in [0.717, 1.165) is 23.1 Å². The van der Waals surface area contributed by atoms with Crippen LogP contribution in [0.25, 0.3) is 0 Å². The molecule has 0 spiro atoms. The molecule has 5 nitrogen and oxygen atoms in total. The van der Waals surface area contributed by atoms with Gasteiger partial charge in [-0.05, 0) is 42.0 Å². The maximum absolute atomic E-state index is 12.8. The fourth-order valence-electron chi connectivity index (χ4n) is 2.54. The molecule has 1 aromatic heterocycles. The molecular formula is C18H21F3N2O3S2. The van der Waals surface area contributed by atoms with Crippen LogP contribution in [0.5, 0.6) is 0 Å². The van der Waals surface area contributed by atoms with E-state index >= 15 is 0 Å². The van der Waals surface area contributed by atoms with E-state index in [1.807, 2.05) is 31.4 Å². The Balaban J connectivity index is 2.04.